The maximum Gasteiger partial charge on any atom is 0.133 e. The summed E-state index contributed by atoms with van der Waals surface area (Å²) in [4.78, 5) is 22.7. The van der Waals surface area contributed by atoms with Gasteiger partial charge in [-0.1, -0.05) is 0 Å². The summed E-state index contributed by atoms with van der Waals surface area (Å²) < 4.78 is 0. The molecule has 2 aliphatic rings. The monoisotopic (exact) mass is 196 g/mol. The van der Waals surface area contributed by atoms with Gasteiger partial charge in [0.1, 0.15) is 11.6 Å². The summed E-state index contributed by atoms with van der Waals surface area (Å²) in [5, 5.41) is 8.81. The lowest BCUT2D eigenvalue weighted by molar-refractivity contribution is -0.120. The first-order chi connectivity index (χ1) is 6.66. The van der Waals surface area contributed by atoms with Gasteiger partial charge in [0.25, 0.3) is 0 Å². The minimum atomic E-state index is -0.0586. The van der Waals surface area contributed by atoms with E-state index < -0.39 is 0 Å². The van der Waals surface area contributed by atoms with Gasteiger partial charge in [0.05, 0.1) is 0 Å². The third kappa shape index (κ3) is 1.50. The summed E-state index contributed by atoms with van der Waals surface area (Å²) >= 11 is 0. The van der Waals surface area contributed by atoms with E-state index >= 15 is 0 Å². The van der Waals surface area contributed by atoms with Crippen LogP contribution in [-0.2, 0) is 9.59 Å². The van der Waals surface area contributed by atoms with E-state index in [9.17, 15) is 9.59 Å². The maximum absolute atomic E-state index is 11.4. The number of carbonyl (C=O) groups excluding carboxylic acids is 2. The largest absolute Gasteiger partial charge is 0.396 e. The van der Waals surface area contributed by atoms with Gasteiger partial charge >= 0.3 is 0 Å². The number of hydrogen-bond acceptors (Lipinski definition) is 3. The van der Waals surface area contributed by atoms with Crippen LogP contribution in [0.4, 0.5) is 0 Å². The normalized spacial score (nSPS) is 36.5. The molecule has 0 bridgehead atoms. The van der Waals surface area contributed by atoms with Gasteiger partial charge in [0, 0.05) is 32.3 Å². The van der Waals surface area contributed by atoms with Crippen molar-refractivity contribution < 1.29 is 14.7 Å². The van der Waals surface area contributed by atoms with Gasteiger partial charge in [-0.15, -0.1) is 0 Å². The van der Waals surface area contributed by atoms with E-state index in [1.54, 1.807) is 0 Å². The lowest BCUT2D eigenvalue weighted by atomic mass is 9.76. The molecule has 0 unspecified atom stereocenters. The van der Waals surface area contributed by atoms with Crippen molar-refractivity contribution in [3.8, 4) is 0 Å². The van der Waals surface area contributed by atoms with Crippen LogP contribution in [0.1, 0.15) is 38.5 Å². The molecule has 2 aliphatic carbocycles. The Kier molecular flexibility index (Phi) is 2.43. The van der Waals surface area contributed by atoms with Crippen LogP contribution in [-0.4, -0.2) is 23.3 Å². The highest BCUT2D eigenvalue weighted by Crippen LogP contribution is 2.54. The van der Waals surface area contributed by atoms with Crippen molar-refractivity contribution in [2.24, 2.45) is 11.3 Å². The van der Waals surface area contributed by atoms with E-state index in [0.29, 0.717) is 37.2 Å². The van der Waals surface area contributed by atoms with Crippen LogP contribution >= 0.6 is 0 Å². The summed E-state index contributed by atoms with van der Waals surface area (Å²) in [6.45, 7) is 0.164. The van der Waals surface area contributed by atoms with Gasteiger partial charge in [-0.25, -0.2) is 0 Å². The highest BCUT2D eigenvalue weighted by atomic mass is 16.3. The highest BCUT2D eigenvalue weighted by Gasteiger charge is 2.52. The maximum atomic E-state index is 11.4. The first-order valence-corrected chi connectivity index (χ1v) is 5.30. The Morgan fingerprint density at radius 3 is 2.29 bits per heavy atom. The molecule has 3 heteroatoms. The Labute approximate surface area is 83.5 Å². The second-order valence-corrected chi connectivity index (χ2v) is 4.73. The van der Waals surface area contributed by atoms with Gasteiger partial charge < -0.3 is 5.11 Å². The lowest BCUT2D eigenvalue weighted by Gasteiger charge is -2.26. The fourth-order valence-electron chi connectivity index (χ4n) is 3.15. The minimum absolute atomic E-state index is 0.0586. The van der Waals surface area contributed by atoms with Crippen molar-refractivity contribution in [1.29, 1.82) is 0 Å². The molecule has 0 aliphatic heterocycles. The fraction of sp³-hybridized carbons (Fsp3) is 0.818. The average Bonchev–Trinajstić information content (AvgIpc) is 2.53. The van der Waals surface area contributed by atoms with Crippen LogP contribution in [0, 0.1) is 11.3 Å². The molecule has 0 amide bonds. The third-order valence-electron chi connectivity index (χ3n) is 3.75. The second kappa shape index (κ2) is 3.46. The molecule has 0 spiro atoms. The van der Waals surface area contributed by atoms with E-state index in [1.165, 1.54) is 0 Å². The number of aliphatic hydroxyl groups excluding tert-OH is 1. The molecular formula is C11H16O3. The highest BCUT2D eigenvalue weighted by molar-refractivity contribution is 5.89. The number of Topliss-reactive ketones (excluding diaryl/α,β-unsaturated/α-hetero) is 2. The van der Waals surface area contributed by atoms with Crippen LogP contribution in [0.5, 0.6) is 0 Å². The quantitative estimate of drug-likeness (QED) is 0.735. The number of ketones is 2. The van der Waals surface area contributed by atoms with Crippen molar-refractivity contribution >= 4 is 11.6 Å². The second-order valence-electron chi connectivity index (χ2n) is 4.73. The van der Waals surface area contributed by atoms with Crippen LogP contribution in [0.25, 0.3) is 0 Å². The zero-order valence-corrected chi connectivity index (χ0v) is 8.29. The van der Waals surface area contributed by atoms with Crippen LogP contribution in [0.3, 0.4) is 0 Å². The Balaban J connectivity index is 2.12. The van der Waals surface area contributed by atoms with E-state index in [-0.39, 0.29) is 17.9 Å². The Morgan fingerprint density at radius 1 is 1.21 bits per heavy atom. The zero-order valence-electron chi connectivity index (χ0n) is 8.29. The molecule has 0 aromatic rings. The molecule has 0 saturated heterocycles. The summed E-state index contributed by atoms with van der Waals surface area (Å²) in [6, 6.07) is 0. The minimum Gasteiger partial charge on any atom is -0.396 e. The molecule has 0 atom stereocenters. The van der Waals surface area contributed by atoms with E-state index in [1.807, 2.05) is 0 Å². The van der Waals surface area contributed by atoms with Gasteiger partial charge in [0.15, 0.2) is 0 Å². The van der Waals surface area contributed by atoms with Crippen LogP contribution < -0.4 is 0 Å². The predicted molar refractivity (Wildman–Crippen MR) is 50.7 cm³/mol. The molecule has 2 rings (SSSR count). The van der Waals surface area contributed by atoms with Crippen molar-refractivity contribution in [2.45, 2.75) is 38.5 Å². The first kappa shape index (κ1) is 9.84. The standard InChI is InChI=1S/C11H16O3/c12-3-1-2-11-6-9(13)4-8(11)5-10(14)7-11/h8,12H,1-7H2. The average molecular weight is 196 g/mol. The van der Waals surface area contributed by atoms with Crippen molar-refractivity contribution in [1.82, 2.24) is 0 Å². The zero-order chi connectivity index (χ0) is 10.2. The Bertz CT molecular complexity index is 250. The van der Waals surface area contributed by atoms with Crippen molar-refractivity contribution in [3.63, 3.8) is 0 Å². The summed E-state index contributed by atoms with van der Waals surface area (Å²) in [7, 11) is 0. The van der Waals surface area contributed by atoms with Crippen molar-refractivity contribution in [2.75, 3.05) is 6.61 Å². The molecule has 0 aromatic heterocycles. The molecule has 78 valence electrons. The van der Waals surface area contributed by atoms with E-state index in [4.69, 9.17) is 5.11 Å². The van der Waals surface area contributed by atoms with Gasteiger partial charge in [-0.3, -0.25) is 9.59 Å². The van der Waals surface area contributed by atoms with Crippen LogP contribution in [0.15, 0.2) is 0 Å². The molecule has 3 nitrogen and oxygen atoms in total. The Morgan fingerprint density at radius 2 is 1.79 bits per heavy atom. The number of aliphatic hydroxyl groups is 1. The summed E-state index contributed by atoms with van der Waals surface area (Å²) in [5.41, 5.74) is -0.0586. The fourth-order valence-corrected chi connectivity index (χ4v) is 3.15. The topological polar surface area (TPSA) is 54.4 Å². The van der Waals surface area contributed by atoms with E-state index in [0.717, 1.165) is 12.8 Å². The molecule has 14 heavy (non-hydrogen) atoms. The molecule has 0 radical (unpaired) electrons. The lowest BCUT2D eigenvalue weighted by Crippen LogP contribution is -2.20. The molecule has 2 saturated carbocycles. The SMILES string of the molecule is O=C1CC2CC(=O)CC2(CCCO)C1. The predicted octanol–water partition coefficient (Wildman–Crippen LogP) is 1.09. The van der Waals surface area contributed by atoms with Gasteiger partial charge in [-0.2, -0.15) is 0 Å². The number of carbonyl (C=O) groups is 2. The van der Waals surface area contributed by atoms with Crippen molar-refractivity contribution in [3.05, 3.63) is 0 Å². The molecule has 0 heterocycles. The molecule has 1 N–H and O–H groups in total. The third-order valence-corrected chi connectivity index (χ3v) is 3.75. The number of hydrogen-bond donors (Lipinski definition) is 1. The Hall–Kier alpha value is -0.700. The molecular weight excluding hydrogens is 180 g/mol. The number of rotatable bonds is 3. The first-order valence-electron chi connectivity index (χ1n) is 5.30. The number of fused-ring (bicyclic) bond motifs is 1. The van der Waals surface area contributed by atoms with Crippen LogP contribution in [0.2, 0.25) is 0 Å². The van der Waals surface area contributed by atoms with Gasteiger partial charge in [0.2, 0.25) is 0 Å². The summed E-state index contributed by atoms with van der Waals surface area (Å²) in [5.74, 6) is 0.898. The molecule has 2 fully saturated rings. The molecule has 0 aromatic carbocycles. The van der Waals surface area contributed by atoms with E-state index in [2.05, 4.69) is 0 Å². The smallest absolute Gasteiger partial charge is 0.133 e. The van der Waals surface area contributed by atoms with Gasteiger partial charge in [-0.05, 0) is 24.2 Å². The summed E-state index contributed by atoms with van der Waals surface area (Å²) in [6.07, 6.45) is 3.89.